The fourth-order valence-corrected chi connectivity index (χ4v) is 2.16. The van der Waals surface area contributed by atoms with Crippen molar-refractivity contribution >= 4 is 16.6 Å². The summed E-state index contributed by atoms with van der Waals surface area (Å²) in [7, 11) is 1.64. The lowest BCUT2D eigenvalue weighted by atomic mass is 10.0. The van der Waals surface area contributed by atoms with Crippen LogP contribution in [0, 0.1) is 0 Å². The van der Waals surface area contributed by atoms with Crippen molar-refractivity contribution in [2.24, 2.45) is 0 Å². The summed E-state index contributed by atoms with van der Waals surface area (Å²) in [5, 5.41) is 2.06. The first kappa shape index (κ1) is 12.4. The first-order valence-electron chi connectivity index (χ1n) is 6.30. The second-order valence-electron chi connectivity index (χ2n) is 4.50. The summed E-state index contributed by atoms with van der Waals surface area (Å²) in [6.45, 7) is 0. The third-order valence-electron chi connectivity index (χ3n) is 3.23. The van der Waals surface area contributed by atoms with E-state index in [2.05, 4.69) is 4.98 Å². The summed E-state index contributed by atoms with van der Waals surface area (Å²) < 4.78 is 5.19. The molecule has 0 spiro atoms. The van der Waals surface area contributed by atoms with Crippen LogP contribution in [0.3, 0.4) is 0 Å². The fourth-order valence-electron chi connectivity index (χ4n) is 2.16. The Bertz CT molecular complexity index is 766. The zero-order chi connectivity index (χ0) is 13.9. The number of carbonyl (C=O) groups is 1. The van der Waals surface area contributed by atoms with Crippen LogP contribution in [0.25, 0.3) is 10.8 Å². The molecule has 3 aromatic rings. The number of benzene rings is 2. The molecule has 0 N–H and O–H groups in total. The molecule has 0 unspecified atom stereocenters. The maximum absolute atomic E-state index is 12.3. The molecule has 20 heavy (non-hydrogen) atoms. The van der Waals surface area contributed by atoms with E-state index >= 15 is 0 Å². The molecule has 0 bridgehead atoms. The number of methoxy groups -OCH3 is 1. The van der Waals surface area contributed by atoms with E-state index < -0.39 is 0 Å². The number of fused-ring (bicyclic) bond motifs is 1. The van der Waals surface area contributed by atoms with Crippen LogP contribution in [0.15, 0.2) is 60.9 Å². The predicted octanol–water partition coefficient (Wildman–Crippen LogP) is 3.47. The topological polar surface area (TPSA) is 39.2 Å². The van der Waals surface area contributed by atoms with Gasteiger partial charge in [0.05, 0.1) is 7.11 Å². The highest BCUT2D eigenvalue weighted by molar-refractivity contribution is 6.10. The van der Waals surface area contributed by atoms with Crippen LogP contribution in [0.1, 0.15) is 15.9 Å². The van der Waals surface area contributed by atoms with E-state index in [1.54, 1.807) is 31.6 Å². The molecule has 1 heterocycles. The van der Waals surface area contributed by atoms with Gasteiger partial charge in [0.1, 0.15) is 5.75 Å². The van der Waals surface area contributed by atoms with Crippen molar-refractivity contribution in [1.82, 2.24) is 4.98 Å². The van der Waals surface area contributed by atoms with Gasteiger partial charge in [-0.25, -0.2) is 0 Å². The lowest BCUT2D eigenvalue weighted by molar-refractivity contribution is 0.103. The quantitative estimate of drug-likeness (QED) is 0.679. The van der Waals surface area contributed by atoms with Crippen molar-refractivity contribution < 1.29 is 9.53 Å². The van der Waals surface area contributed by atoms with Crippen LogP contribution in [-0.4, -0.2) is 17.9 Å². The molecule has 3 rings (SSSR count). The molecular weight excluding hydrogens is 250 g/mol. The molecule has 0 fully saturated rings. The van der Waals surface area contributed by atoms with Gasteiger partial charge in [-0.2, -0.15) is 0 Å². The predicted molar refractivity (Wildman–Crippen MR) is 78.2 cm³/mol. The van der Waals surface area contributed by atoms with Gasteiger partial charge in [0.25, 0.3) is 0 Å². The molecule has 0 radical (unpaired) electrons. The smallest absolute Gasteiger partial charge is 0.194 e. The molecule has 2 aromatic carbocycles. The lowest BCUT2D eigenvalue weighted by Gasteiger charge is -2.05. The molecule has 3 nitrogen and oxygen atoms in total. The van der Waals surface area contributed by atoms with Crippen molar-refractivity contribution in [1.29, 1.82) is 0 Å². The van der Waals surface area contributed by atoms with Crippen molar-refractivity contribution in [2.45, 2.75) is 0 Å². The summed E-state index contributed by atoms with van der Waals surface area (Å²) in [6.07, 6.45) is 3.24. The molecule has 0 saturated carbocycles. The van der Waals surface area contributed by atoms with Crippen molar-refractivity contribution in [3.05, 3.63) is 72.1 Å². The van der Waals surface area contributed by atoms with E-state index in [1.807, 2.05) is 36.4 Å². The van der Waals surface area contributed by atoms with E-state index in [0.29, 0.717) is 11.1 Å². The fraction of sp³-hybridized carbons (Fsp3) is 0.0588. The second-order valence-corrected chi connectivity index (χ2v) is 4.50. The maximum atomic E-state index is 12.3. The van der Waals surface area contributed by atoms with Crippen LogP contribution >= 0.6 is 0 Å². The number of hydrogen-bond acceptors (Lipinski definition) is 3. The Hall–Kier alpha value is -2.68. The number of pyridine rings is 1. The molecule has 0 aliphatic rings. The van der Waals surface area contributed by atoms with Gasteiger partial charge < -0.3 is 4.74 Å². The highest BCUT2D eigenvalue weighted by Gasteiger charge is 2.09. The van der Waals surface area contributed by atoms with Crippen LogP contribution in [-0.2, 0) is 0 Å². The lowest BCUT2D eigenvalue weighted by Crippen LogP contribution is -2.01. The third kappa shape index (κ3) is 2.26. The zero-order valence-electron chi connectivity index (χ0n) is 11.0. The number of ketones is 1. The summed E-state index contributed by atoms with van der Waals surface area (Å²) in [5.74, 6) is 0.791. The largest absolute Gasteiger partial charge is 0.497 e. The zero-order valence-corrected chi connectivity index (χ0v) is 11.0. The molecule has 3 heteroatoms. The molecular formula is C17H13NO2. The maximum Gasteiger partial charge on any atom is 0.194 e. The average Bonchev–Trinajstić information content (AvgIpc) is 2.54. The molecule has 0 aliphatic heterocycles. The number of ether oxygens (including phenoxy) is 1. The van der Waals surface area contributed by atoms with Gasteiger partial charge in [-0.15, -0.1) is 0 Å². The number of aromatic nitrogens is 1. The van der Waals surface area contributed by atoms with Gasteiger partial charge in [0, 0.05) is 23.5 Å². The molecule has 0 saturated heterocycles. The number of hydrogen-bond donors (Lipinski definition) is 0. The summed E-state index contributed by atoms with van der Waals surface area (Å²) in [4.78, 5) is 16.3. The van der Waals surface area contributed by atoms with Crippen LogP contribution < -0.4 is 4.74 Å². The molecule has 0 atom stereocenters. The minimum atomic E-state index is -0.0178. The SMILES string of the molecule is COc1ccc2cc(C(=O)c3cccnc3)ccc2c1. The van der Waals surface area contributed by atoms with E-state index in [9.17, 15) is 4.79 Å². The average molecular weight is 263 g/mol. The van der Waals surface area contributed by atoms with E-state index in [-0.39, 0.29) is 5.78 Å². The van der Waals surface area contributed by atoms with Crippen LogP contribution in [0.5, 0.6) is 5.75 Å². The minimum absolute atomic E-state index is 0.0178. The summed E-state index contributed by atoms with van der Waals surface area (Å²) >= 11 is 0. The van der Waals surface area contributed by atoms with Gasteiger partial charge in [0.15, 0.2) is 5.78 Å². The Morgan fingerprint density at radius 3 is 2.55 bits per heavy atom. The van der Waals surface area contributed by atoms with Gasteiger partial charge in [0.2, 0.25) is 0 Å². The van der Waals surface area contributed by atoms with Crippen molar-refractivity contribution in [3.8, 4) is 5.75 Å². The van der Waals surface area contributed by atoms with E-state index in [1.165, 1.54) is 0 Å². The number of nitrogens with zero attached hydrogens (tertiary/aromatic N) is 1. The minimum Gasteiger partial charge on any atom is -0.497 e. The number of carbonyl (C=O) groups excluding carboxylic acids is 1. The number of rotatable bonds is 3. The van der Waals surface area contributed by atoms with Crippen LogP contribution in [0.2, 0.25) is 0 Å². The first-order valence-corrected chi connectivity index (χ1v) is 6.30. The Morgan fingerprint density at radius 2 is 1.80 bits per heavy atom. The molecule has 98 valence electrons. The Labute approximate surface area is 116 Å². The molecule has 0 aliphatic carbocycles. The second kappa shape index (κ2) is 5.13. The Kier molecular flexibility index (Phi) is 3.17. The van der Waals surface area contributed by atoms with E-state index in [0.717, 1.165) is 16.5 Å². The van der Waals surface area contributed by atoms with Gasteiger partial charge in [-0.1, -0.05) is 18.2 Å². The normalized spacial score (nSPS) is 10.4. The summed E-state index contributed by atoms with van der Waals surface area (Å²) in [5.41, 5.74) is 1.26. The van der Waals surface area contributed by atoms with E-state index in [4.69, 9.17) is 4.74 Å². The highest BCUT2D eigenvalue weighted by atomic mass is 16.5. The van der Waals surface area contributed by atoms with Gasteiger partial charge in [-0.3, -0.25) is 9.78 Å². The third-order valence-corrected chi connectivity index (χ3v) is 3.23. The van der Waals surface area contributed by atoms with Gasteiger partial charge >= 0.3 is 0 Å². The summed E-state index contributed by atoms with van der Waals surface area (Å²) in [6, 6.07) is 15.0. The monoisotopic (exact) mass is 263 g/mol. The van der Waals surface area contributed by atoms with Crippen LogP contribution in [0.4, 0.5) is 0 Å². The highest BCUT2D eigenvalue weighted by Crippen LogP contribution is 2.22. The Morgan fingerprint density at radius 1 is 1.00 bits per heavy atom. The first-order chi connectivity index (χ1) is 9.78. The van der Waals surface area contributed by atoms with Gasteiger partial charge in [-0.05, 0) is 41.1 Å². The molecule has 0 amide bonds. The Balaban J connectivity index is 2.03. The standard InChI is InChI=1S/C17H13NO2/c1-20-16-7-6-12-9-14(5-4-13(12)10-16)17(19)15-3-2-8-18-11-15/h2-11H,1H3. The molecule has 1 aromatic heterocycles. The van der Waals surface area contributed by atoms with Crippen molar-refractivity contribution in [2.75, 3.05) is 7.11 Å². The van der Waals surface area contributed by atoms with Crippen molar-refractivity contribution in [3.63, 3.8) is 0 Å².